The number of aliphatic carboxylic acids is 1. The maximum Gasteiger partial charge on any atom is 0.416 e. The maximum atomic E-state index is 13.3. The van der Waals surface area contributed by atoms with E-state index in [1.54, 1.807) is 45.0 Å². The first-order valence-electron chi connectivity index (χ1n) is 13.6. The van der Waals surface area contributed by atoms with Crippen LogP contribution >= 0.6 is 0 Å². The van der Waals surface area contributed by atoms with Gasteiger partial charge in [0.2, 0.25) is 0 Å². The summed E-state index contributed by atoms with van der Waals surface area (Å²) in [5.41, 5.74) is 1.51. The normalized spacial score (nSPS) is 12.5. The van der Waals surface area contributed by atoms with Crippen molar-refractivity contribution in [3.63, 3.8) is 0 Å². The molecule has 0 spiro atoms. The third-order valence-corrected chi connectivity index (χ3v) is 7.43. The van der Waals surface area contributed by atoms with Crippen LogP contribution in [0.2, 0.25) is 0 Å². The molecule has 0 fully saturated rings. The van der Waals surface area contributed by atoms with Gasteiger partial charge in [-0.2, -0.15) is 0 Å². The van der Waals surface area contributed by atoms with Gasteiger partial charge < -0.3 is 9.84 Å². The zero-order valence-electron chi connectivity index (χ0n) is 23.9. The van der Waals surface area contributed by atoms with Gasteiger partial charge in [-0.1, -0.05) is 56.2 Å². The van der Waals surface area contributed by atoms with Crippen molar-refractivity contribution < 1.29 is 27.9 Å². The highest BCUT2D eigenvalue weighted by atomic mass is 32.2. The summed E-state index contributed by atoms with van der Waals surface area (Å²) >= 11 is 0. The van der Waals surface area contributed by atoms with Crippen molar-refractivity contribution in [1.82, 2.24) is 14.7 Å². The molecule has 0 bridgehead atoms. The number of aryl methyl sites for hydroxylation is 1. The summed E-state index contributed by atoms with van der Waals surface area (Å²) in [7, 11) is -4.04. The van der Waals surface area contributed by atoms with Crippen molar-refractivity contribution in [2.75, 3.05) is 11.4 Å². The van der Waals surface area contributed by atoms with Gasteiger partial charge in [-0.3, -0.25) is 9.69 Å². The molecular formula is C30H38N4O6S. The van der Waals surface area contributed by atoms with Gasteiger partial charge >= 0.3 is 12.1 Å². The number of nitrogens with zero attached hydrogens (tertiary/aromatic N) is 3. The fraction of sp³-hybridized carbons (Fsp3) is 0.400. The van der Waals surface area contributed by atoms with E-state index in [1.807, 2.05) is 24.3 Å². The minimum Gasteiger partial charge on any atom is -0.480 e. The molecule has 0 aliphatic heterocycles. The van der Waals surface area contributed by atoms with Gasteiger partial charge in [-0.25, -0.2) is 27.9 Å². The molecule has 2 heterocycles. The van der Waals surface area contributed by atoms with E-state index in [2.05, 4.69) is 21.6 Å². The number of benzene rings is 1. The van der Waals surface area contributed by atoms with Crippen LogP contribution in [0, 0.1) is 0 Å². The largest absolute Gasteiger partial charge is 0.480 e. The third kappa shape index (κ3) is 9.94. The maximum absolute atomic E-state index is 13.3. The number of hydrogen-bond donors (Lipinski definition) is 2. The number of anilines is 1. The number of carboxylic acid groups (broad SMARTS) is 1. The average molecular weight is 583 g/mol. The van der Waals surface area contributed by atoms with Crippen LogP contribution in [0.4, 0.5) is 10.6 Å². The predicted octanol–water partition coefficient (Wildman–Crippen LogP) is 5.30. The minimum atomic E-state index is -4.04. The molecule has 220 valence electrons. The van der Waals surface area contributed by atoms with Crippen molar-refractivity contribution in [2.45, 2.75) is 76.5 Å². The molecule has 3 rings (SSSR count). The quantitative estimate of drug-likeness (QED) is 0.259. The molecule has 3 aromatic rings. The van der Waals surface area contributed by atoms with Crippen LogP contribution in [0.1, 0.15) is 69.8 Å². The van der Waals surface area contributed by atoms with Crippen molar-refractivity contribution in [2.24, 2.45) is 0 Å². The number of aromatic nitrogens is 2. The second kappa shape index (κ2) is 14.2. The van der Waals surface area contributed by atoms with Crippen LogP contribution in [-0.4, -0.2) is 47.7 Å². The summed E-state index contributed by atoms with van der Waals surface area (Å²) in [5, 5.41) is 9.31. The molecule has 11 heteroatoms. The van der Waals surface area contributed by atoms with Gasteiger partial charge in [0.15, 0.2) is 5.03 Å². The first-order chi connectivity index (χ1) is 19.4. The number of nitrogens with one attached hydrogen (secondary N) is 1. The highest BCUT2D eigenvalue weighted by molar-refractivity contribution is 7.89. The molecule has 2 N–H and O–H groups in total. The number of hydrogen-bond acceptors (Lipinski definition) is 7. The smallest absolute Gasteiger partial charge is 0.416 e. The van der Waals surface area contributed by atoms with E-state index in [1.165, 1.54) is 23.9 Å². The van der Waals surface area contributed by atoms with Crippen molar-refractivity contribution in [1.29, 1.82) is 0 Å². The highest BCUT2D eigenvalue weighted by Gasteiger charge is 2.28. The second-order valence-corrected chi connectivity index (χ2v) is 12.4. The topological polar surface area (TPSA) is 139 Å². The fourth-order valence-electron chi connectivity index (χ4n) is 4.09. The predicted molar refractivity (Wildman–Crippen MR) is 156 cm³/mol. The van der Waals surface area contributed by atoms with Crippen molar-refractivity contribution in [3.8, 4) is 0 Å². The van der Waals surface area contributed by atoms with E-state index in [0.717, 1.165) is 36.1 Å². The molecule has 1 atom stereocenters. The Balaban J connectivity index is 1.97. The summed E-state index contributed by atoms with van der Waals surface area (Å²) < 4.78 is 34.6. The lowest BCUT2D eigenvalue weighted by Gasteiger charge is -2.26. The zero-order chi connectivity index (χ0) is 30.0. The van der Waals surface area contributed by atoms with Crippen LogP contribution in [0.25, 0.3) is 0 Å². The van der Waals surface area contributed by atoms with Gasteiger partial charge in [-0.15, -0.1) is 0 Å². The van der Waals surface area contributed by atoms with Crippen molar-refractivity contribution >= 4 is 27.9 Å². The standard InChI is InChI=1S/C30H38N4O6S/c1-5-6-7-11-22-15-17-23(18-16-22)20-25(33-41(38,39)27-14-8-9-19-31-27)24-12-10-13-26(32-24)34(21-28(35)36)29(37)40-30(2,3)4/h8-10,12-19,25,33H,5-7,11,20-21H2,1-4H3,(H,35,36). The Hall–Kier alpha value is -3.83. The van der Waals surface area contributed by atoms with Gasteiger partial charge in [0.05, 0.1) is 11.7 Å². The number of sulfonamides is 1. The lowest BCUT2D eigenvalue weighted by Crippen LogP contribution is -2.40. The zero-order valence-corrected chi connectivity index (χ0v) is 24.7. The Morgan fingerprint density at radius 2 is 1.71 bits per heavy atom. The average Bonchev–Trinajstić information content (AvgIpc) is 2.92. The Morgan fingerprint density at radius 3 is 2.32 bits per heavy atom. The Kier molecular flexibility index (Phi) is 11.0. The van der Waals surface area contributed by atoms with Gasteiger partial charge in [0.1, 0.15) is 18.0 Å². The molecule has 10 nitrogen and oxygen atoms in total. The Morgan fingerprint density at radius 1 is 1.00 bits per heavy atom. The number of carbonyl (C=O) groups is 2. The summed E-state index contributed by atoms with van der Waals surface area (Å²) in [4.78, 5) is 33.9. The summed E-state index contributed by atoms with van der Waals surface area (Å²) in [5.74, 6) is -1.23. The molecular weight excluding hydrogens is 544 g/mol. The summed E-state index contributed by atoms with van der Waals surface area (Å²) in [6.07, 6.45) is 5.13. The first kappa shape index (κ1) is 31.7. The van der Waals surface area contributed by atoms with E-state index in [0.29, 0.717) is 5.69 Å². The number of amides is 1. The number of pyridine rings is 2. The minimum absolute atomic E-state index is 0.0208. The van der Waals surface area contributed by atoms with Crippen LogP contribution in [-0.2, 0) is 32.4 Å². The van der Waals surface area contributed by atoms with Gasteiger partial charge in [0.25, 0.3) is 10.0 Å². The number of ether oxygens (including phenoxy) is 1. The van der Waals surface area contributed by atoms with Crippen molar-refractivity contribution in [3.05, 3.63) is 83.7 Å². The fourth-order valence-corrected chi connectivity index (χ4v) is 5.25. The van der Waals surface area contributed by atoms with E-state index >= 15 is 0 Å². The molecule has 0 radical (unpaired) electrons. The van der Waals surface area contributed by atoms with E-state index in [-0.39, 0.29) is 17.3 Å². The number of carboxylic acids is 1. The summed E-state index contributed by atoms with van der Waals surface area (Å²) in [6.45, 7) is 6.49. The van der Waals surface area contributed by atoms with Crippen LogP contribution in [0.3, 0.4) is 0 Å². The monoisotopic (exact) mass is 582 g/mol. The molecule has 0 saturated carbocycles. The number of rotatable bonds is 13. The van der Waals surface area contributed by atoms with Crippen LogP contribution < -0.4 is 9.62 Å². The molecule has 1 unspecified atom stereocenters. The molecule has 0 aliphatic carbocycles. The lowest BCUT2D eigenvalue weighted by molar-refractivity contribution is -0.135. The SMILES string of the molecule is CCCCCc1ccc(CC(NS(=O)(=O)c2ccccn2)c2cccc(N(CC(=O)O)C(=O)OC(C)(C)C)n2)cc1. The van der Waals surface area contributed by atoms with Gasteiger partial charge in [-0.05, 0) is 75.4 Å². The molecule has 0 saturated heterocycles. The van der Waals surface area contributed by atoms with E-state index in [9.17, 15) is 23.1 Å². The van der Waals surface area contributed by atoms with Crippen LogP contribution in [0.5, 0.6) is 0 Å². The van der Waals surface area contributed by atoms with Gasteiger partial charge in [0, 0.05) is 6.20 Å². The molecule has 1 aromatic carbocycles. The lowest BCUT2D eigenvalue weighted by atomic mass is 10.0. The third-order valence-electron chi connectivity index (χ3n) is 6.04. The molecule has 41 heavy (non-hydrogen) atoms. The molecule has 2 aromatic heterocycles. The highest BCUT2D eigenvalue weighted by Crippen LogP contribution is 2.24. The number of carbonyl (C=O) groups excluding carboxylic acids is 1. The van der Waals surface area contributed by atoms with E-state index in [4.69, 9.17) is 4.74 Å². The van der Waals surface area contributed by atoms with E-state index < -0.39 is 40.3 Å². The Bertz CT molecular complexity index is 1410. The number of unbranched alkanes of at least 4 members (excludes halogenated alkanes) is 2. The molecule has 1 amide bonds. The molecule has 0 aliphatic rings. The second-order valence-electron chi connectivity index (χ2n) is 10.7. The Labute approximate surface area is 241 Å². The summed E-state index contributed by atoms with van der Waals surface area (Å²) in [6, 6.07) is 16.4. The first-order valence-corrected chi connectivity index (χ1v) is 15.1. The van der Waals surface area contributed by atoms with Crippen LogP contribution in [0.15, 0.2) is 71.9 Å².